The quantitative estimate of drug-likeness (QED) is 0.0816. The zero-order chi connectivity index (χ0) is 52.9. The second-order valence-electron chi connectivity index (χ2n) is 20.5. The van der Waals surface area contributed by atoms with Crippen LogP contribution in [-0.2, 0) is 18.9 Å². The van der Waals surface area contributed by atoms with Crippen molar-refractivity contribution in [3.05, 3.63) is 88.2 Å². The van der Waals surface area contributed by atoms with E-state index in [0.29, 0.717) is 22.4 Å². The van der Waals surface area contributed by atoms with Crippen molar-refractivity contribution in [2.45, 2.75) is 129 Å². The van der Waals surface area contributed by atoms with E-state index in [-0.39, 0.29) is 30.4 Å². The first-order valence-corrected chi connectivity index (χ1v) is 24.5. The highest BCUT2D eigenvalue weighted by atomic mass is 16.7. The highest BCUT2D eigenvalue weighted by molar-refractivity contribution is 6.03. The fourth-order valence-corrected chi connectivity index (χ4v) is 11.0. The standard InChI is InChI=1S/C50H71N7O16/c1-56(2)22-6-9-25-31(13-22)69-32-14-23(57(3)4)7-10-26(32)37(25)24-8-5-20(11-27(24)49(67)68)48(66)55-17-35-42(62)45(65)39(54)50(72-35)73-47-36(19-59)70-34(43(47)63)15-28-41(61)29(51)16-30(52)46(28)71-33-12-21(18-58)40(60)44(64)38(33)53/h5-11,13-14,21,28-31,33-36,38-47,50,58-65H,12,15-19,51-54H2,1-4H3,(H,55,66)(H,67,68)/t21-,28+,29-,30+,31?,33-,34-,35-,36+,38+,39+,40+,41-,42-,43-,44+,45-,46-,47+,50+/m0/s1. The average Bonchev–Trinajstić information content (AvgIpc) is 3.66. The Kier molecular flexibility index (Phi) is 16.7. The van der Waals surface area contributed by atoms with Crippen molar-refractivity contribution in [3.8, 4) is 5.75 Å². The first-order valence-electron chi connectivity index (χ1n) is 24.5. The first kappa shape index (κ1) is 54.6. The number of allylic oxidation sites excluding steroid dienone is 1. The minimum Gasteiger partial charge on any atom is -0.481 e. The second-order valence-corrected chi connectivity index (χ2v) is 20.5. The van der Waals surface area contributed by atoms with Gasteiger partial charge in [0.25, 0.3) is 5.91 Å². The molecule has 3 heterocycles. The van der Waals surface area contributed by atoms with Crippen molar-refractivity contribution in [1.29, 1.82) is 0 Å². The molecule has 1 amide bonds. The zero-order valence-corrected chi connectivity index (χ0v) is 41.1. The van der Waals surface area contributed by atoms with Gasteiger partial charge in [-0.1, -0.05) is 12.1 Å². The molecule has 73 heavy (non-hydrogen) atoms. The second kappa shape index (κ2) is 22.3. The Bertz CT molecular complexity index is 2420. The lowest BCUT2D eigenvalue weighted by Crippen LogP contribution is -2.65. The third-order valence-corrected chi connectivity index (χ3v) is 15.3. The fraction of sp³-hybridized carbons (Fsp3) is 0.600. The molecule has 3 aliphatic carbocycles. The lowest BCUT2D eigenvalue weighted by atomic mass is 9.74. The van der Waals surface area contributed by atoms with Gasteiger partial charge < -0.3 is 108 Å². The number of carbonyl (C=O) groups excluding carboxylic acids is 1. The molecule has 2 aromatic rings. The summed E-state index contributed by atoms with van der Waals surface area (Å²) in [4.78, 5) is 30.7. The molecule has 0 aromatic heterocycles. The van der Waals surface area contributed by atoms with Crippen LogP contribution in [0.3, 0.4) is 0 Å². The molecule has 2 aromatic carbocycles. The Morgan fingerprint density at radius 1 is 0.726 bits per heavy atom. The largest absolute Gasteiger partial charge is 0.481 e. The maximum absolute atomic E-state index is 13.8. The Hall–Kier alpha value is -4.64. The molecule has 4 fully saturated rings. The number of hydrogen-bond acceptors (Lipinski definition) is 21. The van der Waals surface area contributed by atoms with E-state index in [0.717, 1.165) is 17.0 Å². The molecule has 0 spiro atoms. The van der Waals surface area contributed by atoms with Gasteiger partial charge in [-0.2, -0.15) is 0 Å². The van der Waals surface area contributed by atoms with Gasteiger partial charge in [-0.3, -0.25) is 4.79 Å². The van der Waals surface area contributed by atoms with E-state index in [1.807, 2.05) is 74.4 Å². The smallest absolute Gasteiger partial charge is 0.336 e. The molecule has 0 radical (unpaired) electrons. The number of carbonyl (C=O) groups is 2. The Balaban J connectivity index is 0.965. The summed E-state index contributed by atoms with van der Waals surface area (Å²) in [6.45, 7) is -1.54. The number of aromatic carboxylic acids is 1. The molecule has 20 atom stereocenters. The van der Waals surface area contributed by atoms with Crippen LogP contribution in [0, 0.1) is 11.8 Å². The summed E-state index contributed by atoms with van der Waals surface area (Å²) in [5, 5.41) is 100.0. The maximum Gasteiger partial charge on any atom is 0.336 e. The molecule has 18 N–H and O–H groups in total. The van der Waals surface area contributed by atoms with Crippen LogP contribution in [0.15, 0.2) is 65.9 Å². The van der Waals surface area contributed by atoms with Crippen LogP contribution in [0.25, 0.3) is 5.57 Å². The number of aliphatic hydroxyl groups excluding tert-OH is 8. The number of likely N-dealkylation sites (N-methyl/N-ethyl adjacent to an activating group) is 1. The summed E-state index contributed by atoms with van der Waals surface area (Å²) in [6, 6.07) is 5.91. The number of amides is 1. The maximum atomic E-state index is 13.8. The van der Waals surface area contributed by atoms with Crippen molar-refractivity contribution in [1.82, 2.24) is 10.2 Å². The Labute approximate surface area is 422 Å². The van der Waals surface area contributed by atoms with Gasteiger partial charge in [0.05, 0.1) is 60.9 Å². The highest BCUT2D eigenvalue weighted by Crippen LogP contribution is 2.45. The van der Waals surface area contributed by atoms with Crippen LogP contribution < -0.4 is 37.9 Å². The Morgan fingerprint density at radius 3 is 2.11 bits per heavy atom. The molecule has 0 bridgehead atoms. The van der Waals surface area contributed by atoms with Gasteiger partial charge in [0.15, 0.2) is 6.29 Å². The number of nitrogens with two attached hydrogens (primary N) is 4. The topological polar surface area (TPSA) is 385 Å². The predicted molar refractivity (Wildman–Crippen MR) is 262 cm³/mol. The lowest BCUT2D eigenvalue weighted by Gasteiger charge is -2.48. The van der Waals surface area contributed by atoms with Crippen molar-refractivity contribution in [3.63, 3.8) is 0 Å². The summed E-state index contributed by atoms with van der Waals surface area (Å²) in [5.74, 6) is -3.13. The highest BCUT2D eigenvalue weighted by Gasteiger charge is 2.54. The van der Waals surface area contributed by atoms with Crippen molar-refractivity contribution in [2.24, 2.45) is 34.8 Å². The van der Waals surface area contributed by atoms with Crippen LogP contribution in [0.2, 0.25) is 0 Å². The minimum absolute atomic E-state index is 0.0316. The molecule has 3 aliphatic heterocycles. The SMILES string of the molecule is CN(C)C1=CC2Oc3cc(N(C)C)ccc3C(c3ccc(C(=O)NC[C@@H]4O[C@H](O[C@H]5[C@@H](O)[C@H](C[C@@H]6[C@H](O)[C@@H](N)C[C@@H](N)[C@H]6O[C@H]6C[C@@H](CO)[C@@H](O)[C@H](O)[C@@H]6N)O[C@@H]5CO)[C@H](N)[C@H](O)[C@H]4O)cc3C(=O)O)=C2C=C1. The number of benzene rings is 2. The number of carboxylic acid groups (broad SMARTS) is 1. The molecule has 402 valence electrons. The van der Waals surface area contributed by atoms with Crippen LogP contribution in [0.1, 0.15) is 51.1 Å². The molecular weight excluding hydrogens is 955 g/mol. The number of carboxylic acids is 1. The van der Waals surface area contributed by atoms with Crippen LogP contribution in [0.5, 0.6) is 5.75 Å². The number of rotatable bonds is 15. The van der Waals surface area contributed by atoms with Crippen LogP contribution >= 0.6 is 0 Å². The van der Waals surface area contributed by atoms with Gasteiger partial charge in [-0.15, -0.1) is 0 Å². The number of ether oxygens (including phenoxy) is 5. The summed E-state index contributed by atoms with van der Waals surface area (Å²) in [7, 11) is 7.61. The van der Waals surface area contributed by atoms with Crippen molar-refractivity contribution < 1.29 is 79.2 Å². The third kappa shape index (κ3) is 10.8. The number of fused-ring (bicyclic) bond motifs is 2. The summed E-state index contributed by atoms with van der Waals surface area (Å²) in [6.07, 6.45) is -12.0. The first-order chi connectivity index (χ1) is 34.6. The van der Waals surface area contributed by atoms with E-state index >= 15 is 0 Å². The van der Waals surface area contributed by atoms with Crippen molar-refractivity contribution >= 4 is 23.1 Å². The van der Waals surface area contributed by atoms with Gasteiger partial charge in [0.1, 0.15) is 48.5 Å². The molecule has 6 aliphatic rings. The number of aliphatic hydroxyl groups is 8. The average molecular weight is 1030 g/mol. The number of hydrogen-bond donors (Lipinski definition) is 14. The van der Waals surface area contributed by atoms with E-state index in [4.69, 9.17) is 46.6 Å². The van der Waals surface area contributed by atoms with E-state index in [1.54, 1.807) is 6.07 Å². The number of nitrogens with zero attached hydrogens (tertiary/aromatic N) is 2. The van der Waals surface area contributed by atoms with Crippen LogP contribution in [0.4, 0.5) is 5.69 Å². The zero-order valence-electron chi connectivity index (χ0n) is 41.1. The summed E-state index contributed by atoms with van der Waals surface area (Å²) < 4.78 is 31.1. The molecule has 2 saturated carbocycles. The van der Waals surface area contributed by atoms with Crippen molar-refractivity contribution in [2.75, 3.05) is 52.8 Å². The normalized spacial score (nSPS) is 38.2. The number of anilines is 1. The van der Waals surface area contributed by atoms with Gasteiger partial charge in [0.2, 0.25) is 0 Å². The van der Waals surface area contributed by atoms with Gasteiger partial charge in [-0.05, 0) is 61.2 Å². The number of nitrogens with one attached hydrogen (secondary N) is 1. The van der Waals surface area contributed by atoms with E-state index in [1.165, 1.54) is 12.1 Å². The summed E-state index contributed by atoms with van der Waals surface area (Å²) in [5.41, 5.74) is 29.3. The fourth-order valence-electron chi connectivity index (χ4n) is 11.0. The van der Waals surface area contributed by atoms with E-state index < -0.39 is 153 Å². The van der Waals surface area contributed by atoms with Gasteiger partial charge in [0, 0.05) is 105 Å². The molecule has 23 heteroatoms. The minimum atomic E-state index is -1.68. The molecule has 8 rings (SSSR count). The van der Waals surface area contributed by atoms with E-state index in [2.05, 4.69) is 5.32 Å². The van der Waals surface area contributed by atoms with Gasteiger partial charge >= 0.3 is 5.97 Å². The van der Waals surface area contributed by atoms with E-state index in [9.17, 15) is 55.5 Å². The molecule has 1 unspecified atom stereocenters. The summed E-state index contributed by atoms with van der Waals surface area (Å²) >= 11 is 0. The van der Waals surface area contributed by atoms with Crippen LogP contribution in [-0.4, -0.2) is 220 Å². The third-order valence-electron chi connectivity index (χ3n) is 15.3. The van der Waals surface area contributed by atoms with Gasteiger partial charge in [-0.25, -0.2) is 4.79 Å². The monoisotopic (exact) mass is 1030 g/mol. The molecular formula is C50H71N7O16. The molecule has 2 saturated heterocycles. The Morgan fingerprint density at radius 2 is 1.44 bits per heavy atom. The lowest BCUT2D eigenvalue weighted by molar-refractivity contribution is -0.280. The molecule has 23 nitrogen and oxygen atoms in total. The predicted octanol–water partition coefficient (Wildman–Crippen LogP) is -3.72.